The molecule has 1 unspecified atom stereocenters. The van der Waals surface area contributed by atoms with Gasteiger partial charge in [-0.3, -0.25) is 4.79 Å². The third-order valence-corrected chi connectivity index (χ3v) is 4.60. The number of hydrogen-bond donors (Lipinski definition) is 3. The van der Waals surface area contributed by atoms with Crippen molar-refractivity contribution in [1.82, 2.24) is 5.32 Å². The second kappa shape index (κ2) is 6.43. The molecule has 2 rings (SSSR count). The molecule has 0 fully saturated rings. The first-order chi connectivity index (χ1) is 9.56. The van der Waals surface area contributed by atoms with Crippen LogP contribution in [0.25, 0.3) is 10.1 Å². The summed E-state index contributed by atoms with van der Waals surface area (Å²) in [6.45, 7) is 2.02. The first-order valence-corrected chi connectivity index (χ1v) is 7.65. The Morgan fingerprint density at radius 1 is 1.55 bits per heavy atom. The number of nitrogens with one attached hydrogen (secondary N) is 1. The molecule has 0 radical (unpaired) electrons. The SMILES string of the molecule is CCC(CCO)NC(=O)c1sc2cc(Cl)ccc2c1N. The molecule has 0 aliphatic carbocycles. The third kappa shape index (κ3) is 3.06. The number of hydrogen-bond acceptors (Lipinski definition) is 4. The van der Waals surface area contributed by atoms with Crippen LogP contribution in [0.1, 0.15) is 29.4 Å². The Labute approximate surface area is 126 Å². The number of nitrogen functional groups attached to an aromatic ring is 1. The molecule has 0 aliphatic rings. The summed E-state index contributed by atoms with van der Waals surface area (Å²) in [5, 5.41) is 13.3. The van der Waals surface area contributed by atoms with Gasteiger partial charge in [0, 0.05) is 27.8 Å². The molecule has 0 bridgehead atoms. The summed E-state index contributed by atoms with van der Waals surface area (Å²) >= 11 is 7.28. The van der Waals surface area contributed by atoms with E-state index in [0.29, 0.717) is 22.0 Å². The van der Waals surface area contributed by atoms with Crippen LogP contribution < -0.4 is 11.1 Å². The number of rotatable bonds is 5. The standard InChI is InChI=1S/C14H17ClN2O2S/c1-2-9(5-6-18)17-14(19)13-12(16)10-4-3-8(15)7-11(10)20-13/h3-4,7,9,18H,2,5-6,16H2,1H3,(H,17,19). The Bertz CT molecular complexity index is 627. The van der Waals surface area contributed by atoms with Crippen molar-refractivity contribution in [3.8, 4) is 0 Å². The molecule has 6 heteroatoms. The summed E-state index contributed by atoms with van der Waals surface area (Å²) in [7, 11) is 0. The number of benzene rings is 1. The van der Waals surface area contributed by atoms with Crippen LogP contribution in [-0.4, -0.2) is 23.7 Å². The van der Waals surface area contributed by atoms with Crippen LogP contribution in [0, 0.1) is 0 Å². The number of carbonyl (C=O) groups is 1. The van der Waals surface area contributed by atoms with Crippen LogP contribution in [0.4, 0.5) is 5.69 Å². The molecular formula is C14H17ClN2O2S. The molecule has 1 amide bonds. The number of aliphatic hydroxyl groups is 1. The van der Waals surface area contributed by atoms with Crippen molar-refractivity contribution in [3.05, 3.63) is 28.1 Å². The quantitative estimate of drug-likeness (QED) is 0.794. The van der Waals surface area contributed by atoms with Crippen molar-refractivity contribution in [2.75, 3.05) is 12.3 Å². The van der Waals surface area contributed by atoms with E-state index in [0.717, 1.165) is 16.5 Å². The molecule has 0 saturated heterocycles. The molecule has 1 heterocycles. The highest BCUT2D eigenvalue weighted by atomic mass is 35.5. The van der Waals surface area contributed by atoms with Gasteiger partial charge in [-0.1, -0.05) is 18.5 Å². The summed E-state index contributed by atoms with van der Waals surface area (Å²) in [6, 6.07) is 5.35. The molecule has 4 N–H and O–H groups in total. The van der Waals surface area contributed by atoms with Crippen molar-refractivity contribution in [2.45, 2.75) is 25.8 Å². The summed E-state index contributed by atoms with van der Waals surface area (Å²) < 4.78 is 0.898. The van der Waals surface area contributed by atoms with E-state index in [1.807, 2.05) is 13.0 Å². The van der Waals surface area contributed by atoms with Crippen LogP contribution in [0.3, 0.4) is 0 Å². The van der Waals surface area contributed by atoms with Crippen LogP contribution in [-0.2, 0) is 0 Å². The summed E-state index contributed by atoms with van der Waals surface area (Å²) in [5.41, 5.74) is 6.52. The number of fused-ring (bicyclic) bond motifs is 1. The largest absolute Gasteiger partial charge is 0.397 e. The van der Waals surface area contributed by atoms with Crippen LogP contribution >= 0.6 is 22.9 Å². The molecule has 2 aromatic rings. The maximum atomic E-state index is 12.3. The van der Waals surface area contributed by atoms with Crippen LogP contribution in [0.15, 0.2) is 18.2 Å². The molecule has 1 aromatic heterocycles. The normalized spacial score (nSPS) is 12.6. The van der Waals surface area contributed by atoms with Gasteiger partial charge in [0.1, 0.15) is 4.88 Å². The summed E-state index contributed by atoms with van der Waals surface area (Å²) in [4.78, 5) is 12.8. The zero-order valence-electron chi connectivity index (χ0n) is 11.1. The van der Waals surface area contributed by atoms with Gasteiger partial charge < -0.3 is 16.2 Å². The number of aliphatic hydroxyl groups excluding tert-OH is 1. The van der Waals surface area contributed by atoms with E-state index in [4.69, 9.17) is 22.4 Å². The van der Waals surface area contributed by atoms with Gasteiger partial charge in [0.2, 0.25) is 0 Å². The molecule has 1 atom stereocenters. The van der Waals surface area contributed by atoms with Gasteiger partial charge in [-0.25, -0.2) is 0 Å². The van der Waals surface area contributed by atoms with E-state index in [1.54, 1.807) is 12.1 Å². The van der Waals surface area contributed by atoms with Crippen molar-refractivity contribution < 1.29 is 9.90 Å². The fourth-order valence-electron chi connectivity index (χ4n) is 2.04. The average molecular weight is 313 g/mol. The Morgan fingerprint density at radius 2 is 2.30 bits per heavy atom. The Balaban J connectivity index is 2.28. The number of nitrogens with two attached hydrogens (primary N) is 1. The predicted octanol–water partition coefficient (Wildman–Crippen LogP) is 3.03. The molecule has 108 valence electrons. The van der Waals surface area contributed by atoms with Gasteiger partial charge in [0.05, 0.1) is 5.69 Å². The van der Waals surface area contributed by atoms with Gasteiger partial charge in [-0.05, 0) is 31.0 Å². The fourth-order valence-corrected chi connectivity index (χ4v) is 3.35. The first-order valence-electron chi connectivity index (χ1n) is 6.46. The fraction of sp³-hybridized carbons (Fsp3) is 0.357. The van der Waals surface area contributed by atoms with E-state index >= 15 is 0 Å². The van der Waals surface area contributed by atoms with Crippen molar-refractivity contribution in [3.63, 3.8) is 0 Å². The lowest BCUT2D eigenvalue weighted by Gasteiger charge is -2.15. The Hall–Kier alpha value is -1.30. The first kappa shape index (κ1) is 15.1. The van der Waals surface area contributed by atoms with E-state index in [2.05, 4.69) is 5.32 Å². The lowest BCUT2D eigenvalue weighted by atomic mass is 10.1. The van der Waals surface area contributed by atoms with Crippen LogP contribution in [0.2, 0.25) is 5.02 Å². The smallest absolute Gasteiger partial charge is 0.263 e. The highest BCUT2D eigenvalue weighted by molar-refractivity contribution is 7.21. The number of anilines is 1. The average Bonchev–Trinajstić information content (AvgIpc) is 2.74. The van der Waals surface area contributed by atoms with E-state index < -0.39 is 0 Å². The minimum Gasteiger partial charge on any atom is -0.397 e. The molecule has 0 saturated carbocycles. The zero-order valence-corrected chi connectivity index (χ0v) is 12.7. The maximum Gasteiger partial charge on any atom is 0.263 e. The number of halogens is 1. The molecule has 20 heavy (non-hydrogen) atoms. The predicted molar refractivity (Wildman–Crippen MR) is 84.5 cm³/mol. The van der Waals surface area contributed by atoms with Gasteiger partial charge in [-0.15, -0.1) is 11.3 Å². The number of thiophene rings is 1. The van der Waals surface area contributed by atoms with Crippen molar-refractivity contribution in [2.24, 2.45) is 0 Å². The lowest BCUT2D eigenvalue weighted by Crippen LogP contribution is -2.34. The minimum atomic E-state index is -0.194. The van der Waals surface area contributed by atoms with E-state index in [-0.39, 0.29) is 18.6 Å². The monoisotopic (exact) mass is 312 g/mol. The zero-order chi connectivity index (χ0) is 14.7. The summed E-state index contributed by atoms with van der Waals surface area (Å²) in [5.74, 6) is -0.194. The highest BCUT2D eigenvalue weighted by Crippen LogP contribution is 2.35. The van der Waals surface area contributed by atoms with Crippen molar-refractivity contribution in [1.29, 1.82) is 0 Å². The minimum absolute atomic E-state index is 0.0410. The Morgan fingerprint density at radius 3 is 2.95 bits per heavy atom. The van der Waals surface area contributed by atoms with Crippen LogP contribution in [0.5, 0.6) is 0 Å². The second-order valence-electron chi connectivity index (χ2n) is 4.58. The maximum absolute atomic E-state index is 12.3. The molecule has 0 spiro atoms. The topological polar surface area (TPSA) is 75.3 Å². The third-order valence-electron chi connectivity index (χ3n) is 3.20. The van der Waals surface area contributed by atoms with Gasteiger partial charge >= 0.3 is 0 Å². The second-order valence-corrected chi connectivity index (χ2v) is 6.06. The number of amides is 1. The highest BCUT2D eigenvalue weighted by Gasteiger charge is 2.18. The molecule has 1 aromatic carbocycles. The van der Waals surface area contributed by atoms with Gasteiger partial charge in [-0.2, -0.15) is 0 Å². The summed E-state index contributed by atoms with van der Waals surface area (Å²) in [6.07, 6.45) is 1.31. The lowest BCUT2D eigenvalue weighted by molar-refractivity contribution is 0.0934. The molecular weight excluding hydrogens is 296 g/mol. The Kier molecular flexibility index (Phi) is 4.86. The van der Waals surface area contributed by atoms with Gasteiger partial charge in [0.15, 0.2) is 0 Å². The van der Waals surface area contributed by atoms with E-state index in [9.17, 15) is 4.79 Å². The molecule has 0 aliphatic heterocycles. The molecule has 4 nitrogen and oxygen atoms in total. The van der Waals surface area contributed by atoms with Gasteiger partial charge in [0.25, 0.3) is 5.91 Å². The van der Waals surface area contributed by atoms with Crippen molar-refractivity contribution >= 4 is 44.6 Å². The number of carbonyl (C=O) groups excluding carboxylic acids is 1. The van der Waals surface area contributed by atoms with E-state index in [1.165, 1.54) is 11.3 Å².